The summed E-state index contributed by atoms with van der Waals surface area (Å²) in [5, 5.41) is 2.42. The molecule has 0 fully saturated rings. The molecule has 2 aromatic carbocycles. The van der Waals surface area contributed by atoms with Crippen LogP contribution in [0.3, 0.4) is 0 Å². The summed E-state index contributed by atoms with van der Waals surface area (Å²) in [7, 11) is -0.973. The van der Waals surface area contributed by atoms with Crippen molar-refractivity contribution in [1.29, 1.82) is 0 Å². The van der Waals surface area contributed by atoms with E-state index in [4.69, 9.17) is 8.39 Å². The number of aryl methyl sites for hydroxylation is 5. The lowest BCUT2D eigenvalue weighted by Gasteiger charge is -2.08. The van der Waals surface area contributed by atoms with Crippen LogP contribution >= 0.6 is 8.01 Å². The van der Waals surface area contributed by atoms with Gasteiger partial charge in [0.05, 0.1) is 0 Å². The molecule has 0 aliphatic carbocycles. The van der Waals surface area contributed by atoms with Crippen molar-refractivity contribution in [3.8, 4) is 0 Å². The number of rotatable bonds is 6. The first-order valence-electron chi connectivity index (χ1n) is 9.90. The number of fused-ring (bicyclic) bond motifs is 3. The first-order chi connectivity index (χ1) is 12.5. The average Bonchev–Trinajstić information content (AvgIpc) is 2.74. The summed E-state index contributed by atoms with van der Waals surface area (Å²) in [5.74, 6) is 0. The number of hydrogen-bond donors (Lipinski definition) is 0. The van der Waals surface area contributed by atoms with Gasteiger partial charge in [0.15, 0.2) is 0 Å². The molecule has 26 heavy (non-hydrogen) atoms. The van der Waals surface area contributed by atoms with Gasteiger partial charge >= 0.3 is 0 Å². The van der Waals surface area contributed by atoms with Crippen LogP contribution in [0.4, 0.5) is 0 Å². The van der Waals surface area contributed by atoms with Crippen molar-refractivity contribution in [2.24, 2.45) is 6.66 Å². The lowest BCUT2D eigenvalue weighted by molar-refractivity contribution is 0.635. The zero-order valence-corrected chi connectivity index (χ0v) is 17.7. The van der Waals surface area contributed by atoms with Crippen LogP contribution in [0.15, 0.2) is 32.7 Å². The van der Waals surface area contributed by atoms with Crippen molar-refractivity contribution in [3.63, 3.8) is 0 Å². The van der Waals surface area contributed by atoms with E-state index in [9.17, 15) is 0 Å². The van der Waals surface area contributed by atoms with Crippen molar-refractivity contribution >= 4 is 30.0 Å². The number of benzene rings is 2. The summed E-state index contributed by atoms with van der Waals surface area (Å²) in [6.07, 6.45) is 6.88. The van der Waals surface area contributed by atoms with Crippen LogP contribution in [0.25, 0.3) is 21.9 Å². The van der Waals surface area contributed by atoms with Gasteiger partial charge in [-0.2, -0.15) is 0 Å². The molecule has 140 valence electrons. The van der Waals surface area contributed by atoms with E-state index in [-0.39, 0.29) is 0 Å². The molecule has 0 bridgehead atoms. The fourth-order valence-electron chi connectivity index (χ4n) is 3.69. The maximum absolute atomic E-state index is 6.36. The van der Waals surface area contributed by atoms with E-state index in [0.717, 1.165) is 24.0 Å². The molecule has 0 atom stereocenters. The van der Waals surface area contributed by atoms with Crippen LogP contribution < -0.4 is 0 Å². The smallest absolute Gasteiger partial charge is 0.213 e. The molecule has 0 aliphatic rings. The zero-order chi connectivity index (χ0) is 18.7. The summed E-state index contributed by atoms with van der Waals surface area (Å²) < 4.78 is 12.7. The third-order valence-corrected chi connectivity index (χ3v) is 5.83. The first kappa shape index (κ1) is 19.1. The van der Waals surface area contributed by atoms with E-state index in [1.54, 1.807) is 0 Å². The fourth-order valence-corrected chi connectivity index (χ4v) is 4.68. The third-order valence-electron chi connectivity index (χ3n) is 4.95. The predicted molar refractivity (Wildman–Crippen MR) is 114 cm³/mol. The highest BCUT2D eigenvalue weighted by atomic mass is 31.1. The third kappa shape index (κ3) is 4.01. The molecule has 0 saturated heterocycles. The van der Waals surface area contributed by atoms with Crippen LogP contribution in [0.5, 0.6) is 0 Å². The van der Waals surface area contributed by atoms with Gasteiger partial charge in [-0.25, -0.2) is 0 Å². The summed E-state index contributed by atoms with van der Waals surface area (Å²) in [6, 6.07) is 9.11. The fraction of sp³-hybridized carbons (Fsp3) is 0.478. The highest BCUT2D eigenvalue weighted by Crippen LogP contribution is 2.37. The molecule has 3 heteroatoms. The van der Waals surface area contributed by atoms with Gasteiger partial charge in [0.1, 0.15) is 11.2 Å². The van der Waals surface area contributed by atoms with Crippen molar-refractivity contribution in [1.82, 2.24) is 0 Å². The van der Waals surface area contributed by atoms with Gasteiger partial charge in [0, 0.05) is 17.4 Å². The molecule has 3 aromatic rings. The Hall–Kier alpha value is -1.66. The van der Waals surface area contributed by atoms with Crippen molar-refractivity contribution in [2.45, 2.75) is 66.2 Å². The quantitative estimate of drug-likeness (QED) is 0.438. The minimum absolute atomic E-state index is 0.973. The van der Waals surface area contributed by atoms with Crippen LogP contribution in [0.1, 0.15) is 61.8 Å². The molecule has 3 rings (SSSR count). The van der Waals surface area contributed by atoms with Gasteiger partial charge in [0.25, 0.3) is 0 Å². The molecule has 0 radical (unpaired) electrons. The van der Waals surface area contributed by atoms with Gasteiger partial charge < -0.3 is 8.39 Å². The van der Waals surface area contributed by atoms with Gasteiger partial charge in [0.2, 0.25) is 8.01 Å². The summed E-state index contributed by atoms with van der Waals surface area (Å²) in [5.41, 5.74) is 7.33. The first-order valence-corrected chi connectivity index (χ1v) is 11.5. The summed E-state index contributed by atoms with van der Waals surface area (Å²) >= 11 is 0. The maximum Gasteiger partial charge on any atom is 0.213 e. The second kappa shape index (κ2) is 8.35. The Kier molecular flexibility index (Phi) is 6.14. The maximum atomic E-state index is 6.36. The normalized spacial score (nSPS) is 11.4. The molecule has 1 aromatic heterocycles. The number of unbranched alkanes of at least 4 members (excludes halogenated alkanes) is 2. The molecule has 0 saturated carbocycles. The Bertz CT molecular complexity index is 877. The SMILES string of the molecule is CCCCc1cc(C)cc2c1op(C)oc1c(CCCC)cc(C)cc12. The lowest BCUT2D eigenvalue weighted by atomic mass is 9.97. The van der Waals surface area contributed by atoms with Crippen LogP contribution in [0.2, 0.25) is 0 Å². The zero-order valence-electron chi connectivity index (χ0n) is 16.8. The Morgan fingerprint density at radius 2 is 1.15 bits per heavy atom. The van der Waals surface area contributed by atoms with Gasteiger partial charge in [-0.3, -0.25) is 0 Å². The highest BCUT2D eigenvalue weighted by molar-refractivity contribution is 7.35. The number of hydrogen-bond acceptors (Lipinski definition) is 2. The molecular formula is C23H31O2P. The molecule has 0 amide bonds. The Balaban J connectivity index is 2.40. The Morgan fingerprint density at radius 3 is 1.54 bits per heavy atom. The average molecular weight is 370 g/mol. The van der Waals surface area contributed by atoms with Gasteiger partial charge in [-0.05, 0) is 73.9 Å². The molecule has 0 unspecified atom stereocenters. The molecule has 0 N–H and O–H groups in total. The minimum Gasteiger partial charge on any atom is -0.419 e. The second-order valence-corrected chi connectivity index (χ2v) is 8.68. The van der Waals surface area contributed by atoms with E-state index in [1.165, 1.54) is 58.7 Å². The molecule has 2 nitrogen and oxygen atoms in total. The predicted octanol–water partition coefficient (Wildman–Crippen LogP) is 8.13. The second-order valence-electron chi connectivity index (χ2n) is 7.43. The molecule has 0 aliphatic heterocycles. The van der Waals surface area contributed by atoms with Gasteiger partial charge in [-0.15, -0.1) is 0 Å². The van der Waals surface area contributed by atoms with E-state index in [2.05, 4.69) is 58.6 Å². The van der Waals surface area contributed by atoms with E-state index < -0.39 is 8.01 Å². The lowest BCUT2D eigenvalue weighted by Crippen LogP contribution is -1.91. The van der Waals surface area contributed by atoms with Crippen molar-refractivity contribution in [3.05, 3.63) is 46.5 Å². The Labute approximate surface area is 158 Å². The van der Waals surface area contributed by atoms with E-state index >= 15 is 0 Å². The molecular weight excluding hydrogens is 339 g/mol. The Morgan fingerprint density at radius 1 is 0.731 bits per heavy atom. The largest absolute Gasteiger partial charge is 0.419 e. The van der Waals surface area contributed by atoms with Crippen LogP contribution in [0, 0.1) is 13.8 Å². The van der Waals surface area contributed by atoms with Gasteiger partial charge in [-0.1, -0.05) is 38.8 Å². The monoisotopic (exact) mass is 370 g/mol. The molecule has 1 heterocycles. The molecule has 0 spiro atoms. The summed E-state index contributed by atoms with van der Waals surface area (Å²) in [6.45, 7) is 10.9. The van der Waals surface area contributed by atoms with Crippen LogP contribution in [-0.2, 0) is 19.5 Å². The topological polar surface area (TPSA) is 26.3 Å². The standard InChI is InChI=1S/C23H31O2P/c1-6-8-10-18-12-16(3)14-20-21-15-17(4)13-19(11-9-7-2)23(21)25-26(5)24-22(18)20/h12-15H,6-11H2,1-5H3. The highest BCUT2D eigenvalue weighted by Gasteiger charge is 2.13. The minimum atomic E-state index is -0.973. The van der Waals surface area contributed by atoms with Crippen molar-refractivity contribution < 1.29 is 8.39 Å². The summed E-state index contributed by atoms with van der Waals surface area (Å²) in [4.78, 5) is 0. The van der Waals surface area contributed by atoms with E-state index in [1.807, 2.05) is 0 Å². The van der Waals surface area contributed by atoms with Crippen LogP contribution in [-0.4, -0.2) is 0 Å². The van der Waals surface area contributed by atoms with Crippen molar-refractivity contribution in [2.75, 3.05) is 0 Å². The van der Waals surface area contributed by atoms with E-state index in [0.29, 0.717) is 0 Å².